The minimum absolute atomic E-state index is 0.662. The van der Waals surface area contributed by atoms with Crippen LogP contribution in [0.3, 0.4) is 0 Å². The zero-order chi connectivity index (χ0) is 13.8. The highest BCUT2D eigenvalue weighted by Gasteiger charge is 2.02. The predicted octanol–water partition coefficient (Wildman–Crippen LogP) is 4.44. The highest BCUT2D eigenvalue weighted by atomic mass is 35.5. The summed E-state index contributed by atoms with van der Waals surface area (Å²) in [6, 6.07) is 13.8. The van der Waals surface area contributed by atoms with E-state index in [-0.39, 0.29) is 0 Å². The van der Waals surface area contributed by atoms with Gasteiger partial charge in [-0.1, -0.05) is 29.8 Å². The minimum Gasteiger partial charge on any atom is -0.381 e. The Balaban J connectivity index is 2.14. The largest absolute Gasteiger partial charge is 0.381 e. The molecule has 0 fully saturated rings. The van der Waals surface area contributed by atoms with Crippen molar-refractivity contribution in [2.75, 3.05) is 5.32 Å². The number of nitriles is 1. The van der Waals surface area contributed by atoms with Crippen LogP contribution in [0.4, 0.5) is 5.69 Å². The third-order valence-corrected chi connectivity index (χ3v) is 3.49. The van der Waals surface area contributed by atoms with E-state index in [0.717, 1.165) is 27.4 Å². The SMILES string of the molecule is Cc1ccc(CNc2cc(C#N)ccc2C)cc1Cl. The van der Waals surface area contributed by atoms with E-state index in [1.807, 2.05) is 44.2 Å². The van der Waals surface area contributed by atoms with Crippen molar-refractivity contribution in [3.8, 4) is 6.07 Å². The molecular formula is C16H15ClN2. The van der Waals surface area contributed by atoms with Crippen LogP contribution in [0.25, 0.3) is 0 Å². The summed E-state index contributed by atoms with van der Waals surface area (Å²) in [4.78, 5) is 0. The Labute approximate surface area is 118 Å². The molecule has 0 aliphatic heterocycles. The van der Waals surface area contributed by atoms with Gasteiger partial charge in [0.25, 0.3) is 0 Å². The Morgan fingerprint density at radius 1 is 1.11 bits per heavy atom. The average molecular weight is 271 g/mol. The van der Waals surface area contributed by atoms with Crippen LogP contribution in [-0.2, 0) is 6.54 Å². The molecule has 0 aliphatic carbocycles. The lowest BCUT2D eigenvalue weighted by Crippen LogP contribution is -2.01. The molecule has 1 N–H and O–H groups in total. The van der Waals surface area contributed by atoms with Gasteiger partial charge in [-0.3, -0.25) is 0 Å². The second-order valence-electron chi connectivity index (χ2n) is 4.58. The number of nitrogens with zero attached hydrogens (tertiary/aromatic N) is 1. The predicted molar refractivity (Wildman–Crippen MR) is 79.4 cm³/mol. The summed E-state index contributed by atoms with van der Waals surface area (Å²) in [7, 11) is 0. The summed E-state index contributed by atoms with van der Waals surface area (Å²) < 4.78 is 0. The molecule has 0 spiro atoms. The van der Waals surface area contributed by atoms with E-state index in [0.29, 0.717) is 12.1 Å². The van der Waals surface area contributed by atoms with E-state index < -0.39 is 0 Å². The molecule has 96 valence electrons. The molecule has 2 aromatic rings. The standard InChI is InChI=1S/C16H15ClN2/c1-11-3-6-14(7-15(11)17)10-19-16-8-13(9-18)5-4-12(16)2/h3-8,19H,10H2,1-2H3. The normalized spacial score (nSPS) is 10.0. The van der Waals surface area contributed by atoms with Gasteiger partial charge in [0, 0.05) is 17.3 Å². The lowest BCUT2D eigenvalue weighted by molar-refractivity contribution is 1.13. The summed E-state index contributed by atoms with van der Waals surface area (Å²) >= 11 is 6.10. The quantitative estimate of drug-likeness (QED) is 0.895. The van der Waals surface area contributed by atoms with Gasteiger partial charge in [0.2, 0.25) is 0 Å². The summed E-state index contributed by atoms with van der Waals surface area (Å²) in [6.07, 6.45) is 0. The van der Waals surface area contributed by atoms with E-state index >= 15 is 0 Å². The molecule has 0 bridgehead atoms. The van der Waals surface area contributed by atoms with Crippen molar-refractivity contribution < 1.29 is 0 Å². The second-order valence-corrected chi connectivity index (χ2v) is 4.99. The number of benzene rings is 2. The Morgan fingerprint density at radius 2 is 1.84 bits per heavy atom. The van der Waals surface area contributed by atoms with E-state index in [2.05, 4.69) is 17.5 Å². The molecule has 0 unspecified atom stereocenters. The lowest BCUT2D eigenvalue weighted by Gasteiger charge is -2.10. The van der Waals surface area contributed by atoms with Crippen molar-refractivity contribution >= 4 is 17.3 Å². The van der Waals surface area contributed by atoms with Gasteiger partial charge < -0.3 is 5.32 Å². The average Bonchev–Trinajstić information content (AvgIpc) is 2.41. The zero-order valence-electron chi connectivity index (χ0n) is 11.0. The van der Waals surface area contributed by atoms with Crippen molar-refractivity contribution in [1.82, 2.24) is 0 Å². The maximum Gasteiger partial charge on any atom is 0.0992 e. The third-order valence-electron chi connectivity index (χ3n) is 3.09. The van der Waals surface area contributed by atoms with Crippen LogP contribution in [0.15, 0.2) is 36.4 Å². The molecule has 0 heterocycles. The molecule has 0 aliphatic rings. The van der Waals surface area contributed by atoms with Gasteiger partial charge in [0.05, 0.1) is 11.6 Å². The minimum atomic E-state index is 0.662. The van der Waals surface area contributed by atoms with Crippen LogP contribution >= 0.6 is 11.6 Å². The van der Waals surface area contributed by atoms with Gasteiger partial charge in [-0.05, 0) is 48.7 Å². The Bertz CT molecular complexity index is 642. The van der Waals surface area contributed by atoms with E-state index in [4.69, 9.17) is 16.9 Å². The molecule has 3 heteroatoms. The van der Waals surface area contributed by atoms with E-state index in [1.54, 1.807) is 0 Å². The second kappa shape index (κ2) is 5.77. The third kappa shape index (κ3) is 3.27. The van der Waals surface area contributed by atoms with E-state index in [9.17, 15) is 0 Å². The first-order valence-corrected chi connectivity index (χ1v) is 6.47. The molecule has 0 aromatic heterocycles. The number of anilines is 1. The first-order valence-electron chi connectivity index (χ1n) is 6.10. The van der Waals surface area contributed by atoms with Crippen LogP contribution in [-0.4, -0.2) is 0 Å². The molecule has 2 aromatic carbocycles. The number of halogens is 1. The van der Waals surface area contributed by atoms with Gasteiger partial charge in [-0.2, -0.15) is 5.26 Å². The van der Waals surface area contributed by atoms with Gasteiger partial charge in [0.1, 0.15) is 0 Å². The number of nitrogens with one attached hydrogen (secondary N) is 1. The zero-order valence-corrected chi connectivity index (χ0v) is 11.8. The van der Waals surface area contributed by atoms with Gasteiger partial charge in [-0.25, -0.2) is 0 Å². The number of rotatable bonds is 3. The lowest BCUT2D eigenvalue weighted by atomic mass is 10.1. The fourth-order valence-electron chi connectivity index (χ4n) is 1.83. The Kier molecular flexibility index (Phi) is 4.09. The molecule has 0 atom stereocenters. The van der Waals surface area contributed by atoms with Crippen LogP contribution in [0.1, 0.15) is 22.3 Å². The highest BCUT2D eigenvalue weighted by molar-refractivity contribution is 6.31. The van der Waals surface area contributed by atoms with Crippen LogP contribution in [0.2, 0.25) is 5.02 Å². The molecule has 0 amide bonds. The molecule has 0 radical (unpaired) electrons. The summed E-state index contributed by atoms with van der Waals surface area (Å²) in [6.45, 7) is 4.70. The maximum absolute atomic E-state index is 8.91. The summed E-state index contributed by atoms with van der Waals surface area (Å²) in [5.74, 6) is 0. The van der Waals surface area contributed by atoms with Crippen molar-refractivity contribution in [2.45, 2.75) is 20.4 Å². The number of aryl methyl sites for hydroxylation is 2. The van der Waals surface area contributed by atoms with Crippen molar-refractivity contribution in [3.63, 3.8) is 0 Å². The fourth-order valence-corrected chi connectivity index (χ4v) is 2.03. The van der Waals surface area contributed by atoms with Gasteiger partial charge in [-0.15, -0.1) is 0 Å². The summed E-state index contributed by atoms with van der Waals surface area (Å²) in [5.41, 5.74) is 4.97. The molecule has 0 saturated heterocycles. The first kappa shape index (κ1) is 13.5. The molecule has 19 heavy (non-hydrogen) atoms. The maximum atomic E-state index is 8.91. The summed E-state index contributed by atoms with van der Waals surface area (Å²) in [5, 5.41) is 13.0. The molecule has 2 rings (SSSR count). The molecule has 0 saturated carbocycles. The van der Waals surface area contributed by atoms with Crippen molar-refractivity contribution in [3.05, 3.63) is 63.7 Å². The smallest absolute Gasteiger partial charge is 0.0992 e. The van der Waals surface area contributed by atoms with Crippen LogP contribution in [0, 0.1) is 25.2 Å². The fraction of sp³-hybridized carbons (Fsp3) is 0.188. The monoisotopic (exact) mass is 270 g/mol. The number of hydrogen-bond acceptors (Lipinski definition) is 2. The molecule has 2 nitrogen and oxygen atoms in total. The molecular weight excluding hydrogens is 256 g/mol. The first-order chi connectivity index (χ1) is 9.10. The van der Waals surface area contributed by atoms with E-state index in [1.165, 1.54) is 0 Å². The van der Waals surface area contributed by atoms with Crippen LogP contribution < -0.4 is 5.32 Å². The highest BCUT2D eigenvalue weighted by Crippen LogP contribution is 2.20. The Morgan fingerprint density at radius 3 is 2.53 bits per heavy atom. The van der Waals surface area contributed by atoms with Gasteiger partial charge >= 0.3 is 0 Å². The number of hydrogen-bond donors (Lipinski definition) is 1. The van der Waals surface area contributed by atoms with Crippen molar-refractivity contribution in [1.29, 1.82) is 5.26 Å². The topological polar surface area (TPSA) is 35.8 Å². The van der Waals surface area contributed by atoms with Crippen LogP contribution in [0.5, 0.6) is 0 Å². The van der Waals surface area contributed by atoms with Crippen molar-refractivity contribution in [2.24, 2.45) is 0 Å². The van der Waals surface area contributed by atoms with Gasteiger partial charge in [0.15, 0.2) is 0 Å². The Hall–Kier alpha value is -1.98.